The Bertz CT molecular complexity index is 315. The van der Waals surface area contributed by atoms with E-state index in [0.29, 0.717) is 5.92 Å². The van der Waals surface area contributed by atoms with Gasteiger partial charge in [0, 0.05) is 12.3 Å². The summed E-state index contributed by atoms with van der Waals surface area (Å²) in [5, 5.41) is 0. The molecule has 0 unspecified atom stereocenters. The number of ketones is 1. The lowest BCUT2D eigenvalue weighted by molar-refractivity contribution is -0.308. The lowest BCUT2D eigenvalue weighted by Crippen LogP contribution is -2.58. The van der Waals surface area contributed by atoms with Crippen LogP contribution < -0.4 is 0 Å². The van der Waals surface area contributed by atoms with Crippen LogP contribution in [0.5, 0.6) is 0 Å². The summed E-state index contributed by atoms with van der Waals surface area (Å²) in [5.74, 6) is 0.168. The van der Waals surface area contributed by atoms with Crippen molar-refractivity contribution in [2.45, 2.75) is 70.4 Å². The fourth-order valence-corrected chi connectivity index (χ4v) is 3.96. The summed E-state index contributed by atoms with van der Waals surface area (Å²) >= 11 is 0. The Hall–Kier alpha value is -0.410. The Balaban J connectivity index is 1.87. The lowest BCUT2D eigenvalue weighted by Gasteiger charge is -2.49. The van der Waals surface area contributed by atoms with Crippen LogP contribution >= 0.6 is 0 Å². The van der Waals surface area contributed by atoms with Gasteiger partial charge < -0.3 is 9.47 Å². The van der Waals surface area contributed by atoms with E-state index in [2.05, 4.69) is 13.8 Å². The van der Waals surface area contributed by atoms with Crippen molar-refractivity contribution in [3.05, 3.63) is 0 Å². The second-order valence-corrected chi connectivity index (χ2v) is 6.14. The van der Waals surface area contributed by atoms with Gasteiger partial charge >= 0.3 is 0 Å². The zero-order valence-corrected chi connectivity index (χ0v) is 10.8. The second kappa shape index (κ2) is 4.06. The minimum Gasteiger partial charge on any atom is -0.340 e. The van der Waals surface area contributed by atoms with Crippen LogP contribution in [0.4, 0.5) is 0 Å². The second-order valence-electron chi connectivity index (χ2n) is 6.14. The van der Waals surface area contributed by atoms with Gasteiger partial charge in [-0.1, -0.05) is 12.8 Å². The van der Waals surface area contributed by atoms with Crippen molar-refractivity contribution in [1.29, 1.82) is 0 Å². The van der Waals surface area contributed by atoms with Gasteiger partial charge in [0.2, 0.25) is 5.79 Å². The number of carbonyl (C=O) groups is 1. The van der Waals surface area contributed by atoms with E-state index in [4.69, 9.17) is 9.47 Å². The van der Waals surface area contributed by atoms with E-state index < -0.39 is 5.79 Å². The molecule has 3 rings (SSSR count). The van der Waals surface area contributed by atoms with E-state index in [1.54, 1.807) is 0 Å². The molecule has 0 amide bonds. The summed E-state index contributed by atoms with van der Waals surface area (Å²) < 4.78 is 11.9. The van der Waals surface area contributed by atoms with Gasteiger partial charge in [0.15, 0.2) is 5.78 Å². The molecule has 1 heterocycles. The molecular weight excluding hydrogens is 216 g/mol. The van der Waals surface area contributed by atoms with Crippen molar-refractivity contribution in [1.82, 2.24) is 0 Å². The van der Waals surface area contributed by atoms with Crippen molar-refractivity contribution in [2.24, 2.45) is 11.8 Å². The van der Waals surface area contributed by atoms with Gasteiger partial charge in [0.1, 0.15) is 0 Å². The van der Waals surface area contributed by atoms with Crippen molar-refractivity contribution in [3.63, 3.8) is 0 Å². The monoisotopic (exact) mass is 238 g/mol. The SMILES string of the molecule is C[C@@H]1C[C@@H](C)OC2(C[C@@H]3CCC[C@@H](C3)C2=O)O1. The van der Waals surface area contributed by atoms with Crippen LogP contribution in [-0.2, 0) is 14.3 Å². The molecule has 0 radical (unpaired) electrons. The van der Waals surface area contributed by atoms with E-state index in [1.807, 2.05) is 0 Å². The fourth-order valence-electron chi connectivity index (χ4n) is 3.96. The average Bonchev–Trinajstić information content (AvgIpc) is 2.25. The Labute approximate surface area is 103 Å². The highest BCUT2D eigenvalue weighted by molar-refractivity contribution is 5.89. The summed E-state index contributed by atoms with van der Waals surface area (Å²) in [5.41, 5.74) is 0. The molecule has 2 bridgehead atoms. The molecule has 0 aromatic rings. The predicted octanol–water partition coefficient (Wildman–Crippen LogP) is 2.68. The molecule has 2 saturated carbocycles. The Kier molecular flexibility index (Phi) is 2.79. The normalized spacial score (nSPS) is 50.6. The number of rotatable bonds is 0. The molecule has 4 atom stereocenters. The third kappa shape index (κ3) is 1.93. The van der Waals surface area contributed by atoms with Gasteiger partial charge in [-0.2, -0.15) is 0 Å². The van der Waals surface area contributed by atoms with Crippen molar-refractivity contribution in [3.8, 4) is 0 Å². The van der Waals surface area contributed by atoms with Gasteiger partial charge in [-0.25, -0.2) is 0 Å². The lowest BCUT2D eigenvalue weighted by atomic mass is 9.68. The van der Waals surface area contributed by atoms with Crippen molar-refractivity contribution >= 4 is 5.78 Å². The molecule has 0 aromatic carbocycles. The first-order valence-corrected chi connectivity index (χ1v) is 6.99. The van der Waals surface area contributed by atoms with Crippen LogP contribution in [0.2, 0.25) is 0 Å². The van der Waals surface area contributed by atoms with E-state index >= 15 is 0 Å². The molecule has 1 aliphatic heterocycles. The van der Waals surface area contributed by atoms with Crippen LogP contribution in [0.3, 0.4) is 0 Å². The van der Waals surface area contributed by atoms with Gasteiger partial charge in [0.05, 0.1) is 12.2 Å². The minimum absolute atomic E-state index is 0.140. The highest BCUT2D eigenvalue weighted by atomic mass is 16.7. The quantitative estimate of drug-likeness (QED) is 0.651. The summed E-state index contributed by atoms with van der Waals surface area (Å²) in [6.45, 7) is 4.11. The first kappa shape index (κ1) is 11.7. The molecule has 1 spiro atoms. The smallest absolute Gasteiger partial charge is 0.229 e. The number of hydrogen-bond acceptors (Lipinski definition) is 3. The first-order valence-electron chi connectivity index (χ1n) is 6.99. The highest BCUT2D eigenvalue weighted by Crippen LogP contribution is 2.46. The van der Waals surface area contributed by atoms with Gasteiger partial charge in [-0.3, -0.25) is 4.79 Å². The van der Waals surface area contributed by atoms with Crippen LogP contribution in [0.25, 0.3) is 0 Å². The molecule has 2 aliphatic carbocycles. The number of ether oxygens (including phenoxy) is 2. The maximum Gasteiger partial charge on any atom is 0.229 e. The molecule has 3 nitrogen and oxygen atoms in total. The number of fused-ring (bicyclic) bond motifs is 2. The van der Waals surface area contributed by atoms with E-state index in [0.717, 1.165) is 25.7 Å². The van der Waals surface area contributed by atoms with Gasteiger partial charge in [0.25, 0.3) is 0 Å². The maximum atomic E-state index is 12.6. The molecular formula is C14H22O3. The maximum absolute atomic E-state index is 12.6. The van der Waals surface area contributed by atoms with E-state index in [9.17, 15) is 4.79 Å². The number of carbonyl (C=O) groups excluding carboxylic acids is 1. The van der Waals surface area contributed by atoms with Crippen LogP contribution in [0.1, 0.15) is 52.4 Å². The van der Waals surface area contributed by atoms with Crippen LogP contribution in [0.15, 0.2) is 0 Å². The Morgan fingerprint density at radius 2 is 1.82 bits per heavy atom. The molecule has 3 fully saturated rings. The van der Waals surface area contributed by atoms with Crippen molar-refractivity contribution < 1.29 is 14.3 Å². The van der Waals surface area contributed by atoms with Gasteiger partial charge in [-0.15, -0.1) is 0 Å². The first-order chi connectivity index (χ1) is 8.09. The summed E-state index contributed by atoms with van der Waals surface area (Å²) in [6.07, 6.45) is 6.50. The van der Waals surface area contributed by atoms with E-state index in [-0.39, 0.29) is 23.9 Å². The number of hydrogen-bond donors (Lipinski definition) is 0. The Morgan fingerprint density at radius 1 is 1.12 bits per heavy atom. The summed E-state index contributed by atoms with van der Waals surface area (Å²) in [4.78, 5) is 12.6. The Morgan fingerprint density at radius 3 is 2.53 bits per heavy atom. The molecule has 0 aromatic heterocycles. The zero-order valence-electron chi connectivity index (χ0n) is 10.8. The van der Waals surface area contributed by atoms with Crippen LogP contribution in [0, 0.1) is 11.8 Å². The minimum atomic E-state index is -0.884. The highest BCUT2D eigenvalue weighted by Gasteiger charge is 2.54. The molecule has 1 saturated heterocycles. The largest absolute Gasteiger partial charge is 0.340 e. The molecule has 96 valence electrons. The van der Waals surface area contributed by atoms with E-state index in [1.165, 1.54) is 12.8 Å². The standard InChI is InChI=1S/C14H22O3/c1-9-6-10(2)17-14(16-9)8-11-4-3-5-12(7-11)13(14)15/h9-12H,3-8H2,1-2H3/t9-,10-,11-,12+/m1/s1. The van der Waals surface area contributed by atoms with Gasteiger partial charge in [-0.05, 0) is 39.0 Å². The predicted molar refractivity (Wildman–Crippen MR) is 63.5 cm³/mol. The third-order valence-corrected chi connectivity index (χ3v) is 4.53. The molecule has 17 heavy (non-hydrogen) atoms. The molecule has 0 N–H and O–H groups in total. The summed E-state index contributed by atoms with van der Waals surface area (Å²) in [6, 6.07) is 0. The molecule has 3 aliphatic rings. The van der Waals surface area contributed by atoms with Crippen molar-refractivity contribution in [2.75, 3.05) is 0 Å². The van der Waals surface area contributed by atoms with Crippen LogP contribution in [-0.4, -0.2) is 23.8 Å². The third-order valence-electron chi connectivity index (χ3n) is 4.53. The summed E-state index contributed by atoms with van der Waals surface area (Å²) in [7, 11) is 0. The topological polar surface area (TPSA) is 35.5 Å². The number of Topliss-reactive ketones (excluding diaryl/α,β-unsaturated/α-hetero) is 1. The average molecular weight is 238 g/mol. The fraction of sp³-hybridized carbons (Fsp3) is 0.929. The zero-order chi connectivity index (χ0) is 12.0. The molecule has 3 heteroatoms.